The van der Waals surface area contributed by atoms with E-state index in [0.717, 1.165) is 6.07 Å². The van der Waals surface area contributed by atoms with Gasteiger partial charge in [-0.15, -0.1) is 0 Å². The number of benzene rings is 1. The van der Waals surface area contributed by atoms with Crippen molar-refractivity contribution in [2.24, 2.45) is 5.73 Å². The molecule has 8 nitrogen and oxygen atoms in total. The van der Waals surface area contributed by atoms with E-state index in [1.54, 1.807) is 0 Å². The fourth-order valence-corrected chi connectivity index (χ4v) is 2.17. The van der Waals surface area contributed by atoms with Crippen LogP contribution in [-0.2, 0) is 9.53 Å². The van der Waals surface area contributed by atoms with Gasteiger partial charge in [-0.1, -0.05) is 11.6 Å². The maximum absolute atomic E-state index is 12.4. The number of carbonyl (C=O) groups excluding carboxylic acids is 2. The van der Waals surface area contributed by atoms with Crippen LogP contribution in [0.1, 0.15) is 10.4 Å². The maximum Gasteiger partial charge on any atom is 0.270 e. The minimum atomic E-state index is -0.889. The van der Waals surface area contributed by atoms with Gasteiger partial charge in [-0.2, -0.15) is 0 Å². The lowest BCUT2D eigenvalue weighted by Gasteiger charge is -2.31. The van der Waals surface area contributed by atoms with Crippen LogP contribution in [0.25, 0.3) is 0 Å². The fourth-order valence-electron chi connectivity index (χ4n) is 1.97. The highest BCUT2D eigenvalue weighted by Crippen LogP contribution is 2.24. The molecule has 112 valence electrons. The van der Waals surface area contributed by atoms with E-state index in [2.05, 4.69) is 0 Å². The van der Waals surface area contributed by atoms with Gasteiger partial charge in [0, 0.05) is 18.7 Å². The highest BCUT2D eigenvalue weighted by Gasteiger charge is 2.29. The van der Waals surface area contributed by atoms with Gasteiger partial charge in [-0.05, 0) is 6.07 Å². The first kappa shape index (κ1) is 15.2. The van der Waals surface area contributed by atoms with Gasteiger partial charge >= 0.3 is 0 Å². The van der Waals surface area contributed by atoms with E-state index in [1.807, 2.05) is 0 Å². The number of halogens is 1. The number of nitro benzene ring substituents is 1. The summed E-state index contributed by atoms with van der Waals surface area (Å²) < 4.78 is 5.14. The van der Waals surface area contributed by atoms with E-state index >= 15 is 0 Å². The second kappa shape index (κ2) is 6.06. The predicted molar refractivity (Wildman–Crippen MR) is 72.9 cm³/mol. The number of amides is 2. The molecule has 21 heavy (non-hydrogen) atoms. The van der Waals surface area contributed by atoms with Crippen LogP contribution in [0.15, 0.2) is 18.2 Å². The molecule has 1 heterocycles. The molecule has 1 aliphatic rings. The molecule has 2 amide bonds. The molecule has 1 aromatic rings. The SMILES string of the molecule is NC(=O)C1CN(C(=O)c2cc([N+](=O)[O-])ccc2Cl)CCO1. The van der Waals surface area contributed by atoms with E-state index in [-0.39, 0.29) is 36.0 Å². The summed E-state index contributed by atoms with van der Waals surface area (Å²) in [6.07, 6.45) is -0.889. The van der Waals surface area contributed by atoms with Crippen molar-refractivity contribution < 1.29 is 19.2 Å². The summed E-state index contributed by atoms with van der Waals surface area (Å²) >= 11 is 5.92. The third-order valence-electron chi connectivity index (χ3n) is 3.06. The lowest BCUT2D eigenvalue weighted by Crippen LogP contribution is -2.50. The summed E-state index contributed by atoms with van der Waals surface area (Å²) in [6, 6.07) is 3.61. The molecular formula is C12H12ClN3O5. The Morgan fingerprint density at radius 3 is 2.81 bits per heavy atom. The Morgan fingerprint density at radius 2 is 2.19 bits per heavy atom. The van der Waals surface area contributed by atoms with Gasteiger partial charge in [0.25, 0.3) is 11.6 Å². The number of hydrogen-bond acceptors (Lipinski definition) is 5. The summed E-state index contributed by atoms with van der Waals surface area (Å²) in [4.78, 5) is 35.0. The van der Waals surface area contributed by atoms with Crippen molar-refractivity contribution in [2.45, 2.75) is 6.10 Å². The van der Waals surface area contributed by atoms with E-state index < -0.39 is 22.8 Å². The Labute approximate surface area is 124 Å². The Morgan fingerprint density at radius 1 is 1.48 bits per heavy atom. The topological polar surface area (TPSA) is 116 Å². The van der Waals surface area contributed by atoms with Crippen molar-refractivity contribution >= 4 is 29.1 Å². The van der Waals surface area contributed by atoms with Crippen molar-refractivity contribution in [1.29, 1.82) is 0 Å². The van der Waals surface area contributed by atoms with Crippen LogP contribution in [0.4, 0.5) is 5.69 Å². The average molecular weight is 314 g/mol. The minimum absolute atomic E-state index is 0.00676. The zero-order valence-corrected chi connectivity index (χ0v) is 11.6. The number of non-ortho nitro benzene ring substituents is 1. The zero-order chi connectivity index (χ0) is 15.6. The number of nitrogens with zero attached hydrogens (tertiary/aromatic N) is 2. The van der Waals surface area contributed by atoms with Gasteiger partial charge in [0.1, 0.15) is 0 Å². The summed E-state index contributed by atoms with van der Waals surface area (Å²) in [7, 11) is 0. The van der Waals surface area contributed by atoms with Gasteiger partial charge in [0.2, 0.25) is 5.91 Å². The summed E-state index contributed by atoms with van der Waals surface area (Å²) in [5.74, 6) is -1.17. The smallest absolute Gasteiger partial charge is 0.270 e. The molecule has 0 saturated carbocycles. The molecule has 0 spiro atoms. The molecule has 0 aliphatic carbocycles. The molecule has 2 rings (SSSR count). The number of nitro groups is 1. The number of morpholine rings is 1. The van der Waals surface area contributed by atoms with Crippen LogP contribution in [0.3, 0.4) is 0 Å². The van der Waals surface area contributed by atoms with Crippen molar-refractivity contribution in [2.75, 3.05) is 19.7 Å². The van der Waals surface area contributed by atoms with Crippen LogP contribution in [-0.4, -0.2) is 47.4 Å². The molecule has 1 fully saturated rings. The average Bonchev–Trinajstić information content (AvgIpc) is 2.47. The normalized spacial score (nSPS) is 18.3. The first-order chi connectivity index (χ1) is 9.90. The first-order valence-electron chi connectivity index (χ1n) is 6.04. The second-order valence-electron chi connectivity index (χ2n) is 4.43. The standard InChI is InChI=1S/C12H12ClN3O5/c13-9-2-1-7(16(19)20)5-8(9)12(18)15-3-4-21-10(6-15)11(14)17/h1-2,5,10H,3-4,6H2,(H2,14,17). The maximum atomic E-state index is 12.4. The van der Waals surface area contributed by atoms with Gasteiger partial charge in [-0.3, -0.25) is 19.7 Å². The van der Waals surface area contributed by atoms with Crippen LogP contribution < -0.4 is 5.73 Å². The second-order valence-corrected chi connectivity index (χ2v) is 4.84. The molecule has 2 N–H and O–H groups in total. The zero-order valence-electron chi connectivity index (χ0n) is 10.8. The van der Waals surface area contributed by atoms with Crippen molar-refractivity contribution in [1.82, 2.24) is 4.90 Å². The van der Waals surface area contributed by atoms with Crippen LogP contribution >= 0.6 is 11.6 Å². The molecule has 1 saturated heterocycles. The first-order valence-corrected chi connectivity index (χ1v) is 6.42. The lowest BCUT2D eigenvalue weighted by molar-refractivity contribution is -0.384. The number of primary amides is 1. The molecule has 0 aromatic heterocycles. The van der Waals surface area contributed by atoms with E-state index in [9.17, 15) is 19.7 Å². The van der Waals surface area contributed by atoms with E-state index in [1.165, 1.54) is 17.0 Å². The number of ether oxygens (including phenoxy) is 1. The quantitative estimate of drug-likeness (QED) is 0.647. The third-order valence-corrected chi connectivity index (χ3v) is 3.39. The molecule has 1 unspecified atom stereocenters. The summed E-state index contributed by atoms with van der Waals surface area (Å²) in [6.45, 7) is 0.403. The largest absolute Gasteiger partial charge is 0.367 e. The number of nitrogens with two attached hydrogens (primary N) is 1. The van der Waals surface area contributed by atoms with E-state index in [0.29, 0.717) is 0 Å². The minimum Gasteiger partial charge on any atom is -0.367 e. The molecule has 1 atom stereocenters. The molecule has 1 aromatic carbocycles. The number of hydrogen-bond donors (Lipinski definition) is 1. The lowest BCUT2D eigenvalue weighted by atomic mass is 10.1. The molecular weight excluding hydrogens is 302 g/mol. The predicted octanol–water partition coefficient (Wildman–Crippen LogP) is 0.575. The highest BCUT2D eigenvalue weighted by atomic mass is 35.5. The molecule has 1 aliphatic heterocycles. The highest BCUT2D eigenvalue weighted by molar-refractivity contribution is 6.33. The van der Waals surface area contributed by atoms with Crippen LogP contribution in [0, 0.1) is 10.1 Å². The molecule has 0 bridgehead atoms. The van der Waals surface area contributed by atoms with Gasteiger partial charge in [-0.25, -0.2) is 0 Å². The number of carbonyl (C=O) groups is 2. The van der Waals surface area contributed by atoms with Crippen molar-refractivity contribution in [3.8, 4) is 0 Å². The van der Waals surface area contributed by atoms with Crippen molar-refractivity contribution in [3.05, 3.63) is 38.9 Å². The monoisotopic (exact) mass is 313 g/mol. The van der Waals surface area contributed by atoms with Crippen molar-refractivity contribution in [3.63, 3.8) is 0 Å². The Bertz CT molecular complexity index is 607. The number of rotatable bonds is 3. The van der Waals surface area contributed by atoms with Gasteiger partial charge < -0.3 is 15.4 Å². The van der Waals surface area contributed by atoms with Crippen LogP contribution in [0.2, 0.25) is 5.02 Å². The fraction of sp³-hybridized carbons (Fsp3) is 0.333. The Hall–Kier alpha value is -2.19. The molecule has 0 radical (unpaired) electrons. The van der Waals surface area contributed by atoms with Crippen LogP contribution in [0.5, 0.6) is 0 Å². The Balaban J connectivity index is 2.25. The molecule has 9 heteroatoms. The summed E-state index contributed by atoms with van der Waals surface area (Å²) in [5.41, 5.74) is 4.92. The van der Waals surface area contributed by atoms with E-state index in [4.69, 9.17) is 22.1 Å². The van der Waals surface area contributed by atoms with Gasteiger partial charge in [0.15, 0.2) is 6.10 Å². The third kappa shape index (κ3) is 3.29. The summed E-state index contributed by atoms with van der Waals surface area (Å²) in [5, 5.41) is 10.9. The Kier molecular flexibility index (Phi) is 4.39. The van der Waals surface area contributed by atoms with Gasteiger partial charge in [0.05, 0.1) is 28.7 Å².